The molecule has 21 heavy (non-hydrogen) atoms. The highest BCUT2D eigenvalue weighted by atomic mass is 16.3. The number of amides is 1. The summed E-state index contributed by atoms with van der Waals surface area (Å²) in [5, 5.41) is 19.9. The maximum Gasteiger partial charge on any atom is 0.224 e. The van der Waals surface area contributed by atoms with Gasteiger partial charge in [-0.3, -0.25) is 9.48 Å². The molecule has 0 radical (unpaired) electrons. The van der Waals surface area contributed by atoms with Crippen LogP contribution < -0.4 is 10.6 Å². The van der Waals surface area contributed by atoms with Crippen LogP contribution in [-0.4, -0.2) is 40.5 Å². The molecule has 2 aliphatic rings. The van der Waals surface area contributed by atoms with Crippen LogP contribution in [0.15, 0.2) is 6.20 Å². The molecular weight excluding hydrogens is 268 g/mol. The minimum Gasteiger partial charge on any atom is -0.394 e. The highest BCUT2D eigenvalue weighted by Gasteiger charge is 2.28. The van der Waals surface area contributed by atoms with E-state index >= 15 is 0 Å². The lowest BCUT2D eigenvalue weighted by Gasteiger charge is -2.28. The molecule has 0 saturated carbocycles. The van der Waals surface area contributed by atoms with E-state index in [-0.39, 0.29) is 24.5 Å². The Morgan fingerprint density at radius 2 is 2.38 bits per heavy atom. The molecule has 3 rings (SSSR count). The van der Waals surface area contributed by atoms with Gasteiger partial charge in [-0.1, -0.05) is 0 Å². The molecule has 1 fully saturated rings. The quantitative estimate of drug-likeness (QED) is 0.749. The Morgan fingerprint density at radius 3 is 3.14 bits per heavy atom. The SMILES string of the molecule is O=C(NC1CCCc2c1cnn2CCO)C1CCCNC1. The Morgan fingerprint density at radius 1 is 1.48 bits per heavy atom. The van der Waals surface area contributed by atoms with Crippen LogP contribution in [-0.2, 0) is 17.8 Å². The maximum absolute atomic E-state index is 12.4. The molecule has 6 nitrogen and oxygen atoms in total. The van der Waals surface area contributed by atoms with Crippen LogP contribution in [0.2, 0.25) is 0 Å². The van der Waals surface area contributed by atoms with Gasteiger partial charge >= 0.3 is 0 Å². The molecule has 1 aromatic heterocycles. The van der Waals surface area contributed by atoms with E-state index in [1.807, 2.05) is 10.9 Å². The number of hydrogen-bond acceptors (Lipinski definition) is 4. The summed E-state index contributed by atoms with van der Waals surface area (Å²) in [6, 6.07) is 0.0793. The zero-order chi connectivity index (χ0) is 14.7. The third kappa shape index (κ3) is 3.11. The number of carbonyl (C=O) groups is 1. The van der Waals surface area contributed by atoms with Crippen LogP contribution in [0.25, 0.3) is 0 Å². The predicted molar refractivity (Wildman–Crippen MR) is 78.7 cm³/mol. The third-order valence-corrected chi connectivity index (χ3v) is 4.56. The van der Waals surface area contributed by atoms with Gasteiger partial charge in [0.25, 0.3) is 0 Å². The van der Waals surface area contributed by atoms with Gasteiger partial charge in [0, 0.05) is 17.8 Å². The van der Waals surface area contributed by atoms with Crippen LogP contribution in [0.3, 0.4) is 0 Å². The van der Waals surface area contributed by atoms with Gasteiger partial charge in [0.1, 0.15) is 0 Å². The van der Waals surface area contributed by atoms with Gasteiger partial charge < -0.3 is 15.7 Å². The van der Waals surface area contributed by atoms with Gasteiger partial charge in [0.05, 0.1) is 31.3 Å². The number of aromatic nitrogens is 2. The van der Waals surface area contributed by atoms with Gasteiger partial charge in [0.15, 0.2) is 0 Å². The van der Waals surface area contributed by atoms with Gasteiger partial charge in [-0.15, -0.1) is 0 Å². The second-order valence-corrected chi connectivity index (χ2v) is 5.99. The lowest BCUT2D eigenvalue weighted by atomic mass is 9.91. The average Bonchev–Trinajstić information content (AvgIpc) is 2.93. The fourth-order valence-corrected chi connectivity index (χ4v) is 3.42. The van der Waals surface area contributed by atoms with E-state index in [1.54, 1.807) is 0 Å². The normalized spacial score (nSPS) is 25.4. The third-order valence-electron chi connectivity index (χ3n) is 4.56. The molecule has 0 spiro atoms. The van der Waals surface area contributed by atoms with Crippen LogP contribution in [0, 0.1) is 5.92 Å². The Bertz CT molecular complexity index is 494. The number of carbonyl (C=O) groups excluding carboxylic acids is 1. The van der Waals surface area contributed by atoms with Gasteiger partial charge in [-0.05, 0) is 38.6 Å². The number of aliphatic hydroxyl groups is 1. The van der Waals surface area contributed by atoms with Crippen molar-refractivity contribution in [2.75, 3.05) is 19.7 Å². The van der Waals surface area contributed by atoms with Crippen molar-refractivity contribution in [1.82, 2.24) is 20.4 Å². The molecule has 2 unspecified atom stereocenters. The average molecular weight is 292 g/mol. The van der Waals surface area contributed by atoms with E-state index in [4.69, 9.17) is 5.11 Å². The van der Waals surface area contributed by atoms with Gasteiger partial charge in [-0.2, -0.15) is 5.10 Å². The van der Waals surface area contributed by atoms with Crippen molar-refractivity contribution in [2.24, 2.45) is 5.92 Å². The van der Waals surface area contributed by atoms with Crippen molar-refractivity contribution in [2.45, 2.75) is 44.7 Å². The highest BCUT2D eigenvalue weighted by molar-refractivity contribution is 5.79. The lowest BCUT2D eigenvalue weighted by Crippen LogP contribution is -2.42. The molecule has 1 aromatic rings. The minimum absolute atomic E-state index is 0.0793. The van der Waals surface area contributed by atoms with Gasteiger partial charge in [0.2, 0.25) is 5.91 Å². The summed E-state index contributed by atoms with van der Waals surface area (Å²) in [6.07, 6.45) is 6.91. The van der Waals surface area contributed by atoms with Gasteiger partial charge in [-0.25, -0.2) is 0 Å². The van der Waals surface area contributed by atoms with Crippen LogP contribution in [0.4, 0.5) is 0 Å². The van der Waals surface area contributed by atoms with Crippen molar-refractivity contribution in [1.29, 1.82) is 0 Å². The van der Waals surface area contributed by atoms with Crippen molar-refractivity contribution in [3.63, 3.8) is 0 Å². The van der Waals surface area contributed by atoms with E-state index in [0.29, 0.717) is 6.54 Å². The number of nitrogens with zero attached hydrogens (tertiary/aromatic N) is 2. The summed E-state index contributed by atoms with van der Waals surface area (Å²) in [5.41, 5.74) is 2.30. The Hall–Kier alpha value is -1.40. The summed E-state index contributed by atoms with van der Waals surface area (Å²) < 4.78 is 1.87. The number of rotatable bonds is 4. The second kappa shape index (κ2) is 6.58. The molecule has 6 heteroatoms. The van der Waals surface area contributed by atoms with E-state index in [2.05, 4.69) is 15.7 Å². The van der Waals surface area contributed by atoms with Crippen LogP contribution in [0.1, 0.15) is 43.0 Å². The molecule has 1 saturated heterocycles. The number of nitrogens with one attached hydrogen (secondary N) is 2. The van der Waals surface area contributed by atoms with E-state index in [9.17, 15) is 4.79 Å². The van der Waals surface area contributed by atoms with Crippen molar-refractivity contribution in [3.8, 4) is 0 Å². The Kier molecular flexibility index (Phi) is 4.55. The minimum atomic E-state index is 0.0793. The smallest absolute Gasteiger partial charge is 0.224 e. The van der Waals surface area contributed by atoms with Crippen molar-refractivity contribution in [3.05, 3.63) is 17.5 Å². The summed E-state index contributed by atoms with van der Waals surface area (Å²) in [6.45, 7) is 2.43. The Balaban J connectivity index is 1.68. The zero-order valence-corrected chi connectivity index (χ0v) is 12.3. The molecule has 2 heterocycles. The molecule has 1 aliphatic heterocycles. The molecule has 116 valence electrons. The van der Waals surface area contributed by atoms with Crippen LogP contribution in [0.5, 0.6) is 0 Å². The standard InChI is InChI=1S/C15H24N4O2/c20-8-7-19-14-5-1-4-13(12(14)10-17-19)18-15(21)11-3-2-6-16-9-11/h10-11,13,16,20H,1-9H2,(H,18,21). The van der Waals surface area contributed by atoms with Crippen LogP contribution >= 0.6 is 0 Å². The predicted octanol–water partition coefficient (Wildman–Crippen LogP) is 0.369. The molecular formula is C15H24N4O2. The lowest BCUT2D eigenvalue weighted by molar-refractivity contribution is -0.126. The first kappa shape index (κ1) is 14.5. The topological polar surface area (TPSA) is 79.2 Å². The second-order valence-electron chi connectivity index (χ2n) is 5.99. The summed E-state index contributed by atoms with van der Waals surface area (Å²) >= 11 is 0. The number of aliphatic hydroxyl groups excluding tert-OH is 1. The van der Waals surface area contributed by atoms with E-state index in [1.165, 1.54) is 5.69 Å². The molecule has 0 aromatic carbocycles. The van der Waals surface area contributed by atoms with E-state index in [0.717, 1.165) is 50.8 Å². The molecule has 2 atom stereocenters. The molecule has 3 N–H and O–H groups in total. The maximum atomic E-state index is 12.4. The first-order valence-corrected chi connectivity index (χ1v) is 7.96. The van der Waals surface area contributed by atoms with Crippen molar-refractivity contribution >= 4 is 5.91 Å². The molecule has 0 bridgehead atoms. The molecule has 1 amide bonds. The fraction of sp³-hybridized carbons (Fsp3) is 0.733. The zero-order valence-electron chi connectivity index (χ0n) is 12.3. The number of hydrogen-bond donors (Lipinski definition) is 3. The largest absolute Gasteiger partial charge is 0.394 e. The first-order valence-electron chi connectivity index (χ1n) is 7.96. The number of fused-ring (bicyclic) bond motifs is 1. The summed E-state index contributed by atoms with van der Waals surface area (Å²) in [7, 11) is 0. The number of piperidine rings is 1. The summed E-state index contributed by atoms with van der Waals surface area (Å²) in [5.74, 6) is 0.256. The Labute approximate surface area is 124 Å². The fourth-order valence-electron chi connectivity index (χ4n) is 3.42. The first-order chi connectivity index (χ1) is 10.3. The monoisotopic (exact) mass is 292 g/mol. The van der Waals surface area contributed by atoms with Crippen molar-refractivity contribution < 1.29 is 9.90 Å². The van der Waals surface area contributed by atoms with E-state index < -0.39 is 0 Å². The summed E-state index contributed by atoms with van der Waals surface area (Å²) in [4.78, 5) is 12.4. The molecule has 1 aliphatic carbocycles. The highest BCUT2D eigenvalue weighted by Crippen LogP contribution is 2.30.